The van der Waals surface area contributed by atoms with Crippen molar-refractivity contribution >= 4 is 25.7 Å². The van der Waals surface area contributed by atoms with E-state index < -0.39 is 0 Å². The summed E-state index contributed by atoms with van der Waals surface area (Å²) in [5.41, 5.74) is 3.40. The molecule has 1 unspecified atom stereocenters. The molecule has 3 aliphatic carbocycles. The first-order valence-electron chi connectivity index (χ1n) is 11.7. The molecule has 31 heavy (non-hydrogen) atoms. The molecule has 0 radical (unpaired) electrons. The minimum absolute atomic E-state index is 0.241. The maximum atomic E-state index is 5.93. The van der Waals surface area contributed by atoms with Gasteiger partial charge in [0.15, 0.2) is 0 Å². The van der Waals surface area contributed by atoms with E-state index in [1.807, 2.05) is 7.11 Å². The number of methoxy groups -OCH3 is 1. The molecule has 3 aliphatic rings. The van der Waals surface area contributed by atoms with E-state index in [9.17, 15) is 0 Å². The van der Waals surface area contributed by atoms with Crippen molar-refractivity contribution in [2.75, 3.05) is 7.11 Å². The second-order valence-electron chi connectivity index (χ2n) is 10.1. The van der Waals surface area contributed by atoms with Crippen LogP contribution in [0.5, 0.6) is 0 Å². The van der Waals surface area contributed by atoms with Gasteiger partial charge in [-0.2, -0.15) is 0 Å². The van der Waals surface area contributed by atoms with Gasteiger partial charge in [-0.3, -0.25) is 0 Å². The second-order valence-corrected chi connectivity index (χ2v) is 12.8. The molecule has 1 nitrogen and oxygen atoms in total. The van der Waals surface area contributed by atoms with E-state index in [4.69, 9.17) is 4.74 Å². The first-order chi connectivity index (χ1) is 15.1. The Bertz CT molecular complexity index is 1020. The van der Waals surface area contributed by atoms with Crippen molar-refractivity contribution < 1.29 is 4.74 Å². The zero-order chi connectivity index (χ0) is 21.4. The summed E-state index contributed by atoms with van der Waals surface area (Å²) in [4.78, 5) is 0.865. The maximum absolute atomic E-state index is 5.93. The second kappa shape index (κ2) is 8.74. The molecule has 0 heterocycles. The minimum atomic E-state index is 0.241. The predicted molar refractivity (Wildman–Crippen MR) is 132 cm³/mol. The molecule has 0 N–H and O–H groups in total. The van der Waals surface area contributed by atoms with Gasteiger partial charge < -0.3 is 0 Å². The van der Waals surface area contributed by atoms with Crippen LogP contribution in [-0.2, 0) is 11.2 Å². The van der Waals surface area contributed by atoms with E-state index in [0.717, 1.165) is 22.6 Å². The Hall–Kier alpha value is -1.60. The van der Waals surface area contributed by atoms with Crippen LogP contribution in [0, 0.1) is 23.2 Å². The van der Waals surface area contributed by atoms with Crippen LogP contribution >= 0.6 is 0 Å². The molecule has 0 amide bonds. The molecule has 3 aromatic rings. The monoisotopic (exact) mass is 478 g/mol. The van der Waals surface area contributed by atoms with Gasteiger partial charge in [-0.25, -0.2) is 0 Å². The van der Waals surface area contributed by atoms with Crippen LogP contribution in [0.25, 0.3) is 10.8 Å². The molecular formula is C29H34OSe. The zero-order valence-corrected chi connectivity index (χ0v) is 20.7. The molecule has 2 heteroatoms. The average molecular weight is 478 g/mol. The van der Waals surface area contributed by atoms with Gasteiger partial charge >= 0.3 is 194 Å². The standard InChI is InChI=1S/C29H34OSe/c1-29(2)23-17-26(29)25(16-22-14-9-13-20-10-7-8-15-24(20)22)28(18-23)31-19-27(30-3)21-11-5-4-6-12-21/h4-15,23,25-28H,16-19H2,1-3H3/t23-,25+,26+,27?,28-/m1/s1. The molecule has 3 aromatic carbocycles. The summed E-state index contributed by atoms with van der Waals surface area (Å²) < 4.78 is 5.93. The SMILES string of the molecule is COC(C[Se][C@@H]1C[C@H]2C[C@@H]([C@@H]1Cc1cccc3ccccc13)C2(C)C)c1ccccc1. The Morgan fingerprint density at radius 1 is 0.935 bits per heavy atom. The van der Waals surface area contributed by atoms with E-state index in [-0.39, 0.29) is 6.10 Å². The van der Waals surface area contributed by atoms with Crippen LogP contribution in [0.15, 0.2) is 72.8 Å². The van der Waals surface area contributed by atoms with Gasteiger partial charge in [0.05, 0.1) is 0 Å². The van der Waals surface area contributed by atoms with Crippen LogP contribution in [0.3, 0.4) is 0 Å². The van der Waals surface area contributed by atoms with Crippen LogP contribution in [0.4, 0.5) is 0 Å². The number of ether oxygens (including phenoxy) is 1. The Morgan fingerprint density at radius 2 is 1.68 bits per heavy atom. The molecule has 0 aromatic heterocycles. The first kappa shape index (κ1) is 21.3. The first-order valence-corrected chi connectivity index (χ1v) is 13.9. The number of hydrogen-bond acceptors (Lipinski definition) is 1. The van der Waals surface area contributed by atoms with Crippen LogP contribution in [0.2, 0.25) is 10.1 Å². The van der Waals surface area contributed by atoms with Gasteiger partial charge in [-0.15, -0.1) is 0 Å². The van der Waals surface area contributed by atoms with Crippen molar-refractivity contribution in [2.24, 2.45) is 23.2 Å². The van der Waals surface area contributed by atoms with E-state index in [0.29, 0.717) is 20.4 Å². The average Bonchev–Trinajstić information content (AvgIpc) is 2.81. The van der Waals surface area contributed by atoms with Crippen LogP contribution in [-0.4, -0.2) is 22.1 Å². The third kappa shape index (κ3) is 3.99. The number of benzene rings is 3. The van der Waals surface area contributed by atoms with Gasteiger partial charge in [0.25, 0.3) is 0 Å². The Morgan fingerprint density at radius 3 is 2.45 bits per heavy atom. The van der Waals surface area contributed by atoms with Gasteiger partial charge in [0, 0.05) is 0 Å². The Kier molecular flexibility index (Phi) is 5.99. The van der Waals surface area contributed by atoms with Crippen molar-refractivity contribution in [3.05, 3.63) is 83.9 Å². The van der Waals surface area contributed by atoms with Crippen molar-refractivity contribution in [1.82, 2.24) is 0 Å². The van der Waals surface area contributed by atoms with E-state index in [1.54, 1.807) is 5.56 Å². The van der Waals surface area contributed by atoms with Crippen LogP contribution in [0.1, 0.15) is 43.9 Å². The van der Waals surface area contributed by atoms with Crippen molar-refractivity contribution in [3.8, 4) is 0 Å². The Labute approximate surface area is 193 Å². The molecule has 3 saturated carbocycles. The fourth-order valence-electron chi connectivity index (χ4n) is 6.27. The van der Waals surface area contributed by atoms with Crippen molar-refractivity contribution in [1.29, 1.82) is 0 Å². The van der Waals surface area contributed by atoms with E-state index >= 15 is 0 Å². The summed E-state index contributed by atoms with van der Waals surface area (Å²) in [7, 11) is 1.88. The summed E-state index contributed by atoms with van der Waals surface area (Å²) in [6, 6.07) is 26.6. The van der Waals surface area contributed by atoms with Gasteiger partial charge in [0.2, 0.25) is 0 Å². The number of fused-ring (bicyclic) bond motifs is 3. The van der Waals surface area contributed by atoms with Gasteiger partial charge in [-0.1, -0.05) is 0 Å². The molecule has 162 valence electrons. The number of hydrogen-bond donors (Lipinski definition) is 0. The van der Waals surface area contributed by atoms with Crippen molar-refractivity contribution in [2.45, 2.75) is 49.3 Å². The molecule has 0 aliphatic heterocycles. The molecule has 0 saturated heterocycles. The summed E-state index contributed by atoms with van der Waals surface area (Å²) in [6.45, 7) is 5.07. The van der Waals surface area contributed by atoms with Crippen LogP contribution < -0.4 is 0 Å². The third-order valence-electron chi connectivity index (χ3n) is 8.31. The van der Waals surface area contributed by atoms with E-state index in [2.05, 4.69) is 86.6 Å². The molecule has 2 bridgehead atoms. The summed E-state index contributed by atoms with van der Waals surface area (Å²) in [5.74, 6) is 2.60. The topological polar surface area (TPSA) is 9.23 Å². The molecule has 6 rings (SSSR count). The Balaban J connectivity index is 1.37. The molecular weight excluding hydrogens is 443 g/mol. The normalized spacial score (nSPS) is 27.6. The van der Waals surface area contributed by atoms with Gasteiger partial charge in [-0.05, 0) is 0 Å². The molecule has 0 spiro atoms. The zero-order valence-electron chi connectivity index (χ0n) is 19.0. The molecule has 3 fully saturated rings. The fraction of sp³-hybridized carbons (Fsp3) is 0.448. The third-order valence-corrected chi connectivity index (χ3v) is 11.4. The van der Waals surface area contributed by atoms with E-state index in [1.165, 1.54) is 40.9 Å². The summed E-state index contributed by atoms with van der Waals surface area (Å²) >= 11 is 0.596. The predicted octanol–water partition coefficient (Wildman–Crippen LogP) is 7.36. The van der Waals surface area contributed by atoms with Gasteiger partial charge in [0.1, 0.15) is 0 Å². The summed E-state index contributed by atoms with van der Waals surface area (Å²) in [5, 5.41) is 4.02. The summed E-state index contributed by atoms with van der Waals surface area (Å²) in [6.07, 6.45) is 4.34. The fourth-order valence-corrected chi connectivity index (χ4v) is 9.73. The number of rotatable bonds is 7. The quantitative estimate of drug-likeness (QED) is 0.323. The van der Waals surface area contributed by atoms with Crippen molar-refractivity contribution in [3.63, 3.8) is 0 Å². The molecule has 5 atom stereocenters.